The summed E-state index contributed by atoms with van der Waals surface area (Å²) in [6.07, 6.45) is 2.09. The van der Waals surface area contributed by atoms with E-state index in [9.17, 15) is 19.2 Å². The van der Waals surface area contributed by atoms with Gasteiger partial charge in [-0.1, -0.05) is 12.1 Å². The normalized spacial score (nSPS) is 12.9. The number of aromatic nitrogens is 2. The van der Waals surface area contributed by atoms with E-state index in [0.29, 0.717) is 34.1 Å². The fraction of sp³-hybridized carbons (Fsp3) is 0.227. The Hall–Kier alpha value is -3.59. The molecule has 1 aromatic carbocycles. The van der Waals surface area contributed by atoms with Gasteiger partial charge in [0.15, 0.2) is 10.6 Å². The van der Waals surface area contributed by atoms with E-state index in [1.165, 1.54) is 28.4 Å². The number of anilines is 1. The van der Waals surface area contributed by atoms with E-state index in [2.05, 4.69) is 10.3 Å². The average molecular weight is 436 g/mol. The van der Waals surface area contributed by atoms with Crippen molar-refractivity contribution in [3.05, 3.63) is 80.2 Å². The van der Waals surface area contributed by atoms with E-state index in [1.54, 1.807) is 48.9 Å². The Morgan fingerprint density at radius 3 is 2.26 bits per heavy atom. The summed E-state index contributed by atoms with van der Waals surface area (Å²) in [6, 6.07) is 9.76. The number of fused-ring (bicyclic) bond motifs is 1. The van der Waals surface area contributed by atoms with Crippen molar-refractivity contribution in [2.75, 3.05) is 11.9 Å². The molecule has 158 valence electrons. The van der Waals surface area contributed by atoms with Gasteiger partial charge in [-0.05, 0) is 26.0 Å². The second kappa shape index (κ2) is 8.27. The van der Waals surface area contributed by atoms with Crippen molar-refractivity contribution in [2.45, 2.75) is 26.8 Å². The molecule has 1 aliphatic heterocycles. The van der Waals surface area contributed by atoms with Crippen LogP contribution in [0.4, 0.5) is 5.13 Å². The summed E-state index contributed by atoms with van der Waals surface area (Å²) in [5.74, 6) is -0.827. The lowest BCUT2D eigenvalue weighted by molar-refractivity contribution is -0.116. The van der Waals surface area contributed by atoms with Crippen molar-refractivity contribution >= 4 is 34.2 Å². The highest BCUT2D eigenvalue weighted by Gasteiger charge is 2.34. The molecule has 0 spiro atoms. The van der Waals surface area contributed by atoms with Crippen LogP contribution in [0.25, 0.3) is 0 Å². The number of aryl methyl sites for hydroxylation is 2. The molecule has 0 atom stereocenters. The van der Waals surface area contributed by atoms with E-state index in [1.807, 2.05) is 0 Å². The zero-order valence-corrected chi connectivity index (χ0v) is 17.9. The minimum Gasteiger partial charge on any atom is -0.340 e. The predicted octanol–water partition coefficient (Wildman–Crippen LogP) is 2.40. The number of carbonyl (C=O) groups excluding carboxylic acids is 3. The highest BCUT2D eigenvalue weighted by Crippen LogP contribution is 2.24. The number of nitrogens with one attached hydrogen (secondary N) is 1. The van der Waals surface area contributed by atoms with Crippen LogP contribution in [0.2, 0.25) is 0 Å². The molecule has 4 rings (SSSR count). The van der Waals surface area contributed by atoms with Crippen molar-refractivity contribution < 1.29 is 14.4 Å². The second-order valence-electron chi connectivity index (χ2n) is 7.30. The molecule has 0 saturated carbocycles. The van der Waals surface area contributed by atoms with Crippen LogP contribution in [0.15, 0.2) is 47.4 Å². The van der Waals surface area contributed by atoms with Crippen LogP contribution in [0.3, 0.4) is 0 Å². The van der Waals surface area contributed by atoms with E-state index in [0.717, 1.165) is 4.88 Å². The number of carbonyl (C=O) groups is 3. The number of pyridine rings is 1. The largest absolute Gasteiger partial charge is 0.340 e. The molecule has 0 radical (unpaired) electrons. The molecule has 0 fully saturated rings. The molecule has 31 heavy (non-hydrogen) atoms. The summed E-state index contributed by atoms with van der Waals surface area (Å²) in [6.45, 7) is 3.88. The van der Waals surface area contributed by atoms with Crippen LogP contribution in [0.1, 0.15) is 37.0 Å². The molecule has 0 aliphatic carbocycles. The highest BCUT2D eigenvalue weighted by molar-refractivity contribution is 7.15. The van der Waals surface area contributed by atoms with Gasteiger partial charge in [-0.25, -0.2) is 4.98 Å². The van der Waals surface area contributed by atoms with E-state index in [-0.39, 0.29) is 36.2 Å². The summed E-state index contributed by atoms with van der Waals surface area (Å²) in [5.41, 5.74) is 2.19. The average Bonchev–Trinajstić information content (AvgIpc) is 3.26. The molecule has 8 nitrogen and oxygen atoms in total. The summed E-state index contributed by atoms with van der Waals surface area (Å²) < 4.78 is 1.76. The van der Waals surface area contributed by atoms with Crippen molar-refractivity contribution in [2.24, 2.45) is 0 Å². The summed E-state index contributed by atoms with van der Waals surface area (Å²) in [5, 5.41) is 3.20. The number of amides is 3. The maximum Gasteiger partial charge on any atom is 0.261 e. The molecular weight excluding hydrogens is 416 g/mol. The van der Waals surface area contributed by atoms with Crippen LogP contribution in [0.5, 0.6) is 0 Å². The summed E-state index contributed by atoms with van der Waals surface area (Å²) in [7, 11) is 0. The van der Waals surface area contributed by atoms with Gasteiger partial charge in [0.25, 0.3) is 11.8 Å². The number of rotatable bonds is 6. The Balaban J connectivity index is 1.36. The minimum atomic E-state index is -0.287. The molecule has 1 aliphatic rings. The SMILES string of the molecule is Cc1cc(=O)cc(C)n1CC(=O)Nc1ncc(CCN2C(=O)c3ccccc3C2=O)s1. The molecule has 0 bridgehead atoms. The Morgan fingerprint density at radius 1 is 1.03 bits per heavy atom. The van der Waals surface area contributed by atoms with E-state index < -0.39 is 0 Å². The first-order valence-electron chi connectivity index (χ1n) is 9.71. The van der Waals surface area contributed by atoms with Crippen molar-refractivity contribution in [3.8, 4) is 0 Å². The van der Waals surface area contributed by atoms with Crippen molar-refractivity contribution in [3.63, 3.8) is 0 Å². The number of hydrogen-bond acceptors (Lipinski definition) is 6. The number of nitrogens with zero attached hydrogens (tertiary/aromatic N) is 3. The number of benzene rings is 1. The topological polar surface area (TPSA) is 101 Å². The Labute approximate surface area is 182 Å². The van der Waals surface area contributed by atoms with Gasteiger partial charge in [0, 0.05) is 47.6 Å². The summed E-state index contributed by atoms with van der Waals surface area (Å²) >= 11 is 1.30. The lowest BCUT2D eigenvalue weighted by Gasteiger charge is -2.13. The number of hydrogen-bond donors (Lipinski definition) is 1. The van der Waals surface area contributed by atoms with Crippen LogP contribution < -0.4 is 10.7 Å². The molecule has 0 saturated heterocycles. The highest BCUT2D eigenvalue weighted by atomic mass is 32.1. The molecule has 3 aromatic rings. The first kappa shape index (κ1) is 20.7. The van der Waals surface area contributed by atoms with E-state index >= 15 is 0 Å². The van der Waals surface area contributed by atoms with Gasteiger partial charge in [-0.2, -0.15) is 0 Å². The first-order chi connectivity index (χ1) is 14.8. The fourth-order valence-corrected chi connectivity index (χ4v) is 4.40. The lowest BCUT2D eigenvalue weighted by atomic mass is 10.1. The zero-order valence-electron chi connectivity index (χ0n) is 17.0. The molecule has 9 heteroatoms. The van der Waals surface area contributed by atoms with Crippen LogP contribution in [0, 0.1) is 13.8 Å². The van der Waals surface area contributed by atoms with E-state index in [4.69, 9.17) is 0 Å². The Bertz CT molecular complexity index is 1200. The lowest BCUT2D eigenvalue weighted by Crippen LogP contribution is -2.31. The first-order valence-corrected chi connectivity index (χ1v) is 10.5. The third-order valence-corrected chi connectivity index (χ3v) is 6.09. The van der Waals surface area contributed by atoms with Crippen molar-refractivity contribution in [1.82, 2.24) is 14.5 Å². The predicted molar refractivity (Wildman–Crippen MR) is 116 cm³/mol. The van der Waals surface area contributed by atoms with Crippen LogP contribution in [-0.4, -0.2) is 38.7 Å². The molecule has 1 N–H and O–H groups in total. The monoisotopic (exact) mass is 436 g/mol. The number of thiazole rings is 1. The van der Waals surface area contributed by atoms with Gasteiger partial charge < -0.3 is 9.88 Å². The van der Waals surface area contributed by atoms with Crippen LogP contribution in [-0.2, 0) is 17.8 Å². The van der Waals surface area contributed by atoms with Gasteiger partial charge >= 0.3 is 0 Å². The van der Waals surface area contributed by atoms with Crippen LogP contribution >= 0.6 is 11.3 Å². The summed E-state index contributed by atoms with van der Waals surface area (Å²) in [4.78, 5) is 55.1. The fourth-order valence-electron chi connectivity index (χ4n) is 3.58. The molecular formula is C22H20N4O4S. The Kier molecular flexibility index (Phi) is 5.51. The van der Waals surface area contributed by atoms with Gasteiger partial charge in [-0.3, -0.25) is 24.1 Å². The Morgan fingerprint density at radius 2 is 1.65 bits per heavy atom. The molecule has 0 unspecified atom stereocenters. The third-order valence-electron chi connectivity index (χ3n) is 5.12. The van der Waals surface area contributed by atoms with Gasteiger partial charge in [-0.15, -0.1) is 11.3 Å². The second-order valence-corrected chi connectivity index (χ2v) is 8.41. The van der Waals surface area contributed by atoms with Gasteiger partial charge in [0.05, 0.1) is 11.1 Å². The molecule has 3 amide bonds. The maximum absolute atomic E-state index is 12.4. The minimum absolute atomic E-state index is 0.0713. The molecule has 3 heterocycles. The van der Waals surface area contributed by atoms with Gasteiger partial charge in [0.2, 0.25) is 5.91 Å². The smallest absolute Gasteiger partial charge is 0.261 e. The maximum atomic E-state index is 12.4. The quantitative estimate of drug-likeness (QED) is 0.598. The van der Waals surface area contributed by atoms with Crippen molar-refractivity contribution in [1.29, 1.82) is 0 Å². The zero-order chi connectivity index (χ0) is 22.1. The standard InChI is InChI=1S/C22H20N4O4S/c1-13-9-15(27)10-14(2)26(13)12-19(28)24-22-23-11-16(31-22)7-8-25-20(29)17-5-3-4-6-18(17)21(25)30/h3-6,9-11H,7-8,12H2,1-2H3,(H,23,24,28). The molecule has 2 aromatic heterocycles. The third kappa shape index (κ3) is 4.17. The number of imide groups is 1. The van der Waals surface area contributed by atoms with Gasteiger partial charge in [0.1, 0.15) is 6.54 Å².